The van der Waals surface area contributed by atoms with Gasteiger partial charge in [0.25, 0.3) is 0 Å². The molecule has 2 aromatic heterocycles. The molecule has 0 bridgehead atoms. The van der Waals surface area contributed by atoms with Crippen molar-refractivity contribution >= 4 is 30.7 Å². The van der Waals surface area contributed by atoms with Gasteiger partial charge in [-0.05, 0) is 30.3 Å². The Morgan fingerprint density at radius 1 is 1.18 bits per heavy atom. The second kappa shape index (κ2) is 6.85. The molecule has 0 radical (unpaired) electrons. The lowest BCUT2D eigenvalue weighted by Crippen LogP contribution is -2.23. The quantitative estimate of drug-likeness (QED) is 0.622. The second-order valence-electron chi connectivity index (χ2n) is 5.56. The average Bonchev–Trinajstić information content (AvgIpc) is 3.09. The number of oxazole rings is 1. The van der Waals surface area contributed by atoms with Crippen molar-refractivity contribution in [2.75, 3.05) is 12.8 Å². The van der Waals surface area contributed by atoms with Crippen molar-refractivity contribution in [3.63, 3.8) is 0 Å². The van der Waals surface area contributed by atoms with Crippen molar-refractivity contribution in [1.29, 1.82) is 0 Å². The van der Waals surface area contributed by atoms with Gasteiger partial charge in [0, 0.05) is 13.2 Å². The van der Waals surface area contributed by atoms with Crippen LogP contribution in [0.15, 0.2) is 55.1 Å². The molecular formula is C16H14F3N3O4S2. The highest BCUT2D eigenvalue weighted by Crippen LogP contribution is 2.35. The predicted molar refractivity (Wildman–Crippen MR) is 95.8 cm³/mol. The minimum absolute atomic E-state index is 0.0291. The van der Waals surface area contributed by atoms with Gasteiger partial charge >= 0.3 is 5.51 Å². The van der Waals surface area contributed by atoms with Crippen LogP contribution in [0.25, 0.3) is 22.7 Å². The third kappa shape index (κ3) is 3.26. The Morgan fingerprint density at radius 2 is 1.89 bits per heavy atom. The molecule has 0 amide bonds. The van der Waals surface area contributed by atoms with Gasteiger partial charge in [0.15, 0.2) is 25.1 Å². The number of nitrogens with zero attached hydrogens (tertiary/aromatic N) is 3. The van der Waals surface area contributed by atoms with E-state index in [0.717, 1.165) is 19.2 Å². The first kappa shape index (κ1) is 20.3. The van der Waals surface area contributed by atoms with Crippen LogP contribution in [0, 0.1) is 0 Å². The SMILES string of the molecule is CCS(=O)(=O)c1cccnc1-c1nc2cc(S(=O)(=NC)C(F)(F)F)ccc2o1. The lowest BCUT2D eigenvalue weighted by atomic mass is 10.3. The number of sulfone groups is 1. The molecule has 1 aromatic carbocycles. The Labute approximate surface area is 158 Å². The molecule has 0 saturated carbocycles. The molecule has 150 valence electrons. The number of pyridine rings is 1. The van der Waals surface area contributed by atoms with E-state index < -0.39 is 30.0 Å². The van der Waals surface area contributed by atoms with E-state index in [4.69, 9.17) is 4.42 Å². The molecule has 0 N–H and O–H groups in total. The number of rotatable bonds is 4. The number of alkyl halides is 3. The molecule has 3 aromatic rings. The summed E-state index contributed by atoms with van der Waals surface area (Å²) in [4.78, 5) is 7.37. The fourth-order valence-corrected chi connectivity index (χ4v) is 4.72. The highest BCUT2D eigenvalue weighted by atomic mass is 32.2. The number of fused-ring (bicyclic) bond motifs is 1. The normalized spacial score (nSPS) is 14.8. The number of benzene rings is 1. The zero-order valence-electron chi connectivity index (χ0n) is 14.6. The van der Waals surface area contributed by atoms with Crippen molar-refractivity contribution in [2.45, 2.75) is 22.2 Å². The van der Waals surface area contributed by atoms with Gasteiger partial charge in [-0.2, -0.15) is 13.2 Å². The maximum atomic E-state index is 13.2. The standard InChI is InChI=1S/C16H14F3N3O4S2/c1-3-27(23,24)13-5-4-8-21-14(13)15-22-11-9-10(6-7-12(11)26-15)28(25,20-2)16(17,18)19/h4-9H,3H2,1-2H3. The zero-order valence-corrected chi connectivity index (χ0v) is 16.2. The molecule has 0 aliphatic rings. The van der Waals surface area contributed by atoms with E-state index in [1.807, 2.05) is 0 Å². The monoisotopic (exact) mass is 433 g/mol. The molecule has 0 fully saturated rings. The van der Waals surface area contributed by atoms with Crippen molar-refractivity contribution in [2.24, 2.45) is 4.36 Å². The zero-order chi connectivity index (χ0) is 20.7. The summed E-state index contributed by atoms with van der Waals surface area (Å²) in [5, 5.41) is 0. The van der Waals surface area contributed by atoms with E-state index in [1.165, 1.54) is 31.3 Å². The lowest BCUT2D eigenvalue weighted by molar-refractivity contribution is -0.0403. The largest absolute Gasteiger partial charge is 0.483 e. The van der Waals surface area contributed by atoms with Gasteiger partial charge in [-0.25, -0.2) is 27.0 Å². The summed E-state index contributed by atoms with van der Waals surface area (Å²) in [6, 6.07) is 5.90. The summed E-state index contributed by atoms with van der Waals surface area (Å²) in [6.45, 7) is 1.46. The minimum atomic E-state index is -5.06. The molecule has 28 heavy (non-hydrogen) atoms. The van der Waals surface area contributed by atoms with Gasteiger partial charge in [0.05, 0.1) is 15.5 Å². The van der Waals surface area contributed by atoms with Gasteiger partial charge in [-0.3, -0.25) is 0 Å². The summed E-state index contributed by atoms with van der Waals surface area (Å²) in [7, 11) is -7.49. The number of hydrogen-bond donors (Lipinski definition) is 0. The van der Waals surface area contributed by atoms with Gasteiger partial charge in [0.1, 0.15) is 11.2 Å². The van der Waals surface area contributed by atoms with Crippen LogP contribution in [-0.4, -0.2) is 40.9 Å². The number of halogens is 3. The van der Waals surface area contributed by atoms with E-state index in [-0.39, 0.29) is 33.3 Å². The molecule has 0 spiro atoms. The van der Waals surface area contributed by atoms with Crippen molar-refractivity contribution < 1.29 is 30.2 Å². The van der Waals surface area contributed by atoms with E-state index in [0.29, 0.717) is 0 Å². The fraction of sp³-hybridized carbons (Fsp3) is 0.250. The number of aromatic nitrogens is 2. The summed E-state index contributed by atoms with van der Waals surface area (Å²) < 4.78 is 84.9. The van der Waals surface area contributed by atoms with Gasteiger partial charge in [0.2, 0.25) is 5.89 Å². The van der Waals surface area contributed by atoms with E-state index in [9.17, 15) is 25.8 Å². The third-order valence-electron chi connectivity index (χ3n) is 3.94. The van der Waals surface area contributed by atoms with Crippen LogP contribution >= 0.6 is 0 Å². The summed E-state index contributed by atoms with van der Waals surface area (Å²) >= 11 is 0. The first-order valence-corrected chi connectivity index (χ1v) is 11.0. The van der Waals surface area contributed by atoms with Crippen LogP contribution in [0.4, 0.5) is 13.2 Å². The predicted octanol–water partition coefficient (Wildman–Crippen LogP) is 3.66. The van der Waals surface area contributed by atoms with Crippen molar-refractivity contribution in [3.05, 3.63) is 36.5 Å². The molecule has 0 aliphatic heterocycles. The Bertz CT molecular complexity index is 1270. The van der Waals surface area contributed by atoms with Crippen LogP contribution < -0.4 is 0 Å². The topological polar surface area (TPSA) is 102 Å². The Morgan fingerprint density at radius 3 is 2.50 bits per heavy atom. The third-order valence-corrected chi connectivity index (χ3v) is 7.73. The first-order chi connectivity index (χ1) is 13.0. The highest BCUT2D eigenvalue weighted by molar-refractivity contribution is 7.94. The molecule has 2 heterocycles. The smallest absolute Gasteiger partial charge is 0.435 e. The summed E-state index contributed by atoms with van der Waals surface area (Å²) in [6.07, 6.45) is 1.34. The fourth-order valence-electron chi connectivity index (χ4n) is 2.48. The molecule has 1 unspecified atom stereocenters. The molecule has 0 saturated heterocycles. The second-order valence-corrected chi connectivity index (χ2v) is 10.2. The van der Waals surface area contributed by atoms with Crippen LogP contribution in [0.5, 0.6) is 0 Å². The van der Waals surface area contributed by atoms with Crippen LogP contribution in [0.2, 0.25) is 0 Å². The van der Waals surface area contributed by atoms with E-state index >= 15 is 0 Å². The molecule has 0 aliphatic carbocycles. The van der Waals surface area contributed by atoms with Crippen LogP contribution in [0.1, 0.15) is 6.92 Å². The van der Waals surface area contributed by atoms with Gasteiger partial charge < -0.3 is 4.42 Å². The molecule has 12 heteroatoms. The van der Waals surface area contributed by atoms with E-state index in [1.54, 1.807) is 0 Å². The summed E-state index contributed by atoms with van der Waals surface area (Å²) in [5.41, 5.74) is -5.06. The van der Waals surface area contributed by atoms with Gasteiger partial charge in [-0.15, -0.1) is 0 Å². The molecule has 3 rings (SSSR count). The molecule has 1 atom stereocenters. The maximum Gasteiger partial charge on any atom is 0.483 e. The van der Waals surface area contributed by atoms with E-state index in [2.05, 4.69) is 14.3 Å². The van der Waals surface area contributed by atoms with Crippen molar-refractivity contribution in [3.8, 4) is 11.6 Å². The lowest BCUT2D eigenvalue weighted by Gasteiger charge is -2.12. The minimum Gasteiger partial charge on any atom is -0.435 e. The van der Waals surface area contributed by atoms with Crippen molar-refractivity contribution in [1.82, 2.24) is 9.97 Å². The first-order valence-electron chi connectivity index (χ1n) is 7.84. The molecular weight excluding hydrogens is 419 g/mol. The maximum absolute atomic E-state index is 13.2. The number of hydrogen-bond acceptors (Lipinski definition) is 7. The van der Waals surface area contributed by atoms with Crippen LogP contribution in [-0.2, 0) is 19.6 Å². The van der Waals surface area contributed by atoms with Gasteiger partial charge in [-0.1, -0.05) is 6.92 Å². The summed E-state index contributed by atoms with van der Waals surface area (Å²) in [5.74, 6) is -0.353. The highest BCUT2D eigenvalue weighted by Gasteiger charge is 2.44. The molecule has 7 nitrogen and oxygen atoms in total. The Hall–Kier alpha value is -2.47. The Balaban J connectivity index is 2.21. The Kier molecular flexibility index (Phi) is 4.96. The van der Waals surface area contributed by atoms with Crippen LogP contribution in [0.3, 0.4) is 0 Å². The average molecular weight is 433 g/mol.